The van der Waals surface area contributed by atoms with E-state index < -0.39 is 5.97 Å². The first-order valence-electron chi connectivity index (χ1n) is 5.91. The van der Waals surface area contributed by atoms with Gasteiger partial charge in [-0.2, -0.15) is 0 Å². The van der Waals surface area contributed by atoms with Gasteiger partial charge in [-0.1, -0.05) is 19.1 Å². The van der Waals surface area contributed by atoms with Gasteiger partial charge in [-0.05, 0) is 38.1 Å². The number of aromatic carboxylic acids is 1. The van der Waals surface area contributed by atoms with Crippen molar-refractivity contribution < 1.29 is 14.6 Å². The van der Waals surface area contributed by atoms with E-state index in [0.717, 1.165) is 25.9 Å². The Labute approximate surface area is 102 Å². The van der Waals surface area contributed by atoms with Crippen LogP contribution in [0.5, 0.6) is 5.75 Å². The number of ether oxygens (including phenoxy) is 1. The van der Waals surface area contributed by atoms with Gasteiger partial charge < -0.3 is 15.2 Å². The van der Waals surface area contributed by atoms with Gasteiger partial charge in [-0.3, -0.25) is 0 Å². The van der Waals surface area contributed by atoms with Crippen LogP contribution in [-0.4, -0.2) is 30.8 Å². The highest BCUT2D eigenvalue weighted by Gasteiger charge is 2.09. The summed E-state index contributed by atoms with van der Waals surface area (Å²) in [5.74, 6) is -0.514. The van der Waals surface area contributed by atoms with Crippen molar-refractivity contribution in [1.29, 1.82) is 0 Å². The van der Waals surface area contributed by atoms with E-state index in [9.17, 15) is 4.79 Å². The Bertz CT molecular complexity index is 352. The van der Waals surface area contributed by atoms with E-state index in [0.29, 0.717) is 12.4 Å². The van der Waals surface area contributed by atoms with Gasteiger partial charge in [0, 0.05) is 0 Å². The molecule has 0 atom stereocenters. The van der Waals surface area contributed by atoms with Gasteiger partial charge >= 0.3 is 5.97 Å². The number of benzene rings is 1. The summed E-state index contributed by atoms with van der Waals surface area (Å²) in [7, 11) is 0. The summed E-state index contributed by atoms with van der Waals surface area (Å²) in [6, 6.07) is 6.70. The predicted molar refractivity (Wildman–Crippen MR) is 66.7 cm³/mol. The molecular formula is C13H19NO3. The van der Waals surface area contributed by atoms with Crippen LogP contribution in [0, 0.1) is 0 Å². The highest BCUT2D eigenvalue weighted by atomic mass is 16.5. The lowest BCUT2D eigenvalue weighted by molar-refractivity contribution is 0.0692. The lowest BCUT2D eigenvalue weighted by atomic mass is 10.2. The maximum atomic E-state index is 10.9. The number of carboxylic acids is 1. The zero-order chi connectivity index (χ0) is 12.5. The monoisotopic (exact) mass is 237 g/mol. The average Bonchev–Trinajstić information content (AvgIpc) is 2.34. The Morgan fingerprint density at radius 2 is 2.12 bits per heavy atom. The van der Waals surface area contributed by atoms with E-state index in [-0.39, 0.29) is 5.56 Å². The first-order valence-corrected chi connectivity index (χ1v) is 5.91. The molecule has 0 aromatic heterocycles. The molecule has 0 aliphatic heterocycles. The molecule has 0 saturated heterocycles. The topological polar surface area (TPSA) is 58.6 Å². The van der Waals surface area contributed by atoms with Crippen molar-refractivity contribution in [1.82, 2.24) is 5.32 Å². The summed E-state index contributed by atoms with van der Waals surface area (Å²) in [5, 5.41) is 12.2. The zero-order valence-electron chi connectivity index (χ0n) is 10.1. The van der Waals surface area contributed by atoms with Gasteiger partial charge in [-0.25, -0.2) is 4.79 Å². The molecule has 0 unspecified atom stereocenters. The Kier molecular flexibility index (Phi) is 6.10. The minimum atomic E-state index is -0.954. The fourth-order valence-corrected chi connectivity index (χ4v) is 1.45. The highest BCUT2D eigenvalue weighted by molar-refractivity contribution is 5.90. The molecule has 17 heavy (non-hydrogen) atoms. The number of nitrogens with one attached hydrogen (secondary N) is 1. The molecule has 1 aromatic carbocycles. The van der Waals surface area contributed by atoms with Gasteiger partial charge in [0.25, 0.3) is 0 Å². The van der Waals surface area contributed by atoms with Crippen LogP contribution in [0.1, 0.15) is 30.1 Å². The van der Waals surface area contributed by atoms with Crippen LogP contribution in [0.2, 0.25) is 0 Å². The van der Waals surface area contributed by atoms with Crippen LogP contribution in [0.4, 0.5) is 0 Å². The second-order valence-corrected chi connectivity index (χ2v) is 3.75. The number of rotatable bonds is 8. The molecule has 0 heterocycles. The van der Waals surface area contributed by atoms with E-state index in [1.165, 1.54) is 0 Å². The normalized spacial score (nSPS) is 10.2. The maximum Gasteiger partial charge on any atom is 0.339 e. The Balaban J connectivity index is 2.34. The number of carboxylic acid groups (broad SMARTS) is 1. The van der Waals surface area contributed by atoms with Crippen LogP contribution in [0.15, 0.2) is 24.3 Å². The molecular weight excluding hydrogens is 218 g/mol. The Hall–Kier alpha value is -1.55. The molecule has 4 heteroatoms. The molecule has 0 saturated carbocycles. The van der Waals surface area contributed by atoms with Crippen LogP contribution in [0.3, 0.4) is 0 Å². The summed E-state index contributed by atoms with van der Waals surface area (Å²) in [6.45, 7) is 4.54. The van der Waals surface area contributed by atoms with Crippen molar-refractivity contribution >= 4 is 5.97 Å². The van der Waals surface area contributed by atoms with Gasteiger partial charge in [0.1, 0.15) is 11.3 Å². The summed E-state index contributed by atoms with van der Waals surface area (Å²) < 4.78 is 5.46. The lowest BCUT2D eigenvalue weighted by Gasteiger charge is -2.09. The zero-order valence-corrected chi connectivity index (χ0v) is 10.1. The quantitative estimate of drug-likeness (QED) is 0.680. The molecule has 0 bridgehead atoms. The SMILES string of the molecule is CCCNCCCOc1ccccc1C(=O)O. The molecule has 0 radical (unpaired) electrons. The molecule has 0 amide bonds. The number of hydrogen-bond acceptors (Lipinski definition) is 3. The average molecular weight is 237 g/mol. The molecule has 2 N–H and O–H groups in total. The van der Waals surface area contributed by atoms with Crippen LogP contribution < -0.4 is 10.1 Å². The second kappa shape index (κ2) is 7.68. The molecule has 0 aliphatic carbocycles. The summed E-state index contributed by atoms with van der Waals surface area (Å²) in [4.78, 5) is 10.9. The number of hydrogen-bond donors (Lipinski definition) is 2. The molecule has 0 spiro atoms. The largest absolute Gasteiger partial charge is 0.493 e. The van der Waals surface area contributed by atoms with Crippen LogP contribution >= 0.6 is 0 Å². The third-order valence-corrected chi connectivity index (χ3v) is 2.30. The molecule has 4 nitrogen and oxygen atoms in total. The Morgan fingerprint density at radius 3 is 2.82 bits per heavy atom. The lowest BCUT2D eigenvalue weighted by Crippen LogP contribution is -2.18. The van der Waals surface area contributed by atoms with Gasteiger partial charge in [0.05, 0.1) is 6.61 Å². The van der Waals surface area contributed by atoms with E-state index in [1.807, 2.05) is 0 Å². The first-order chi connectivity index (χ1) is 8.25. The van der Waals surface area contributed by atoms with Gasteiger partial charge in [0.2, 0.25) is 0 Å². The van der Waals surface area contributed by atoms with Crippen molar-refractivity contribution in [2.75, 3.05) is 19.7 Å². The van der Waals surface area contributed by atoms with Gasteiger partial charge in [-0.15, -0.1) is 0 Å². The summed E-state index contributed by atoms with van der Waals surface area (Å²) >= 11 is 0. The third kappa shape index (κ3) is 4.87. The van der Waals surface area contributed by atoms with Crippen molar-refractivity contribution in [3.63, 3.8) is 0 Å². The summed E-state index contributed by atoms with van der Waals surface area (Å²) in [6.07, 6.45) is 1.98. The summed E-state index contributed by atoms with van der Waals surface area (Å²) in [5.41, 5.74) is 0.217. The molecule has 1 rings (SSSR count). The highest BCUT2D eigenvalue weighted by Crippen LogP contribution is 2.17. The van der Waals surface area contributed by atoms with Crippen molar-refractivity contribution in [2.45, 2.75) is 19.8 Å². The van der Waals surface area contributed by atoms with Crippen LogP contribution in [-0.2, 0) is 0 Å². The fourth-order valence-electron chi connectivity index (χ4n) is 1.45. The third-order valence-electron chi connectivity index (χ3n) is 2.30. The van der Waals surface area contributed by atoms with Crippen molar-refractivity contribution in [3.05, 3.63) is 29.8 Å². The van der Waals surface area contributed by atoms with E-state index >= 15 is 0 Å². The maximum absolute atomic E-state index is 10.9. The van der Waals surface area contributed by atoms with Crippen molar-refractivity contribution in [3.8, 4) is 5.75 Å². The minimum absolute atomic E-state index is 0.217. The van der Waals surface area contributed by atoms with E-state index in [4.69, 9.17) is 9.84 Å². The van der Waals surface area contributed by atoms with E-state index in [1.54, 1.807) is 24.3 Å². The van der Waals surface area contributed by atoms with Gasteiger partial charge in [0.15, 0.2) is 0 Å². The van der Waals surface area contributed by atoms with Crippen LogP contribution in [0.25, 0.3) is 0 Å². The predicted octanol–water partition coefficient (Wildman–Crippen LogP) is 2.15. The molecule has 0 aliphatic rings. The molecule has 94 valence electrons. The standard InChI is InChI=1S/C13H19NO3/c1-2-8-14-9-5-10-17-12-7-4-3-6-11(12)13(15)16/h3-4,6-7,14H,2,5,8-10H2,1H3,(H,15,16). The second-order valence-electron chi connectivity index (χ2n) is 3.75. The number of para-hydroxylation sites is 1. The Morgan fingerprint density at radius 1 is 1.35 bits per heavy atom. The fraction of sp³-hybridized carbons (Fsp3) is 0.462. The molecule has 1 aromatic rings. The minimum Gasteiger partial charge on any atom is -0.493 e. The van der Waals surface area contributed by atoms with E-state index in [2.05, 4.69) is 12.2 Å². The smallest absolute Gasteiger partial charge is 0.339 e. The first kappa shape index (κ1) is 13.5. The molecule has 0 fully saturated rings. The number of carbonyl (C=O) groups is 1. The van der Waals surface area contributed by atoms with Crippen molar-refractivity contribution in [2.24, 2.45) is 0 Å².